The fourth-order valence-electron chi connectivity index (χ4n) is 3.11. The van der Waals surface area contributed by atoms with Gasteiger partial charge in [-0.25, -0.2) is 0 Å². The molecule has 0 amide bonds. The van der Waals surface area contributed by atoms with Crippen LogP contribution in [0.1, 0.15) is 33.1 Å². The van der Waals surface area contributed by atoms with Crippen LogP contribution in [-0.2, 0) is 0 Å². The molecule has 2 rings (SSSR count). The van der Waals surface area contributed by atoms with Crippen molar-refractivity contribution in [1.29, 1.82) is 0 Å². The molecule has 2 heterocycles. The number of hydrogen-bond acceptors (Lipinski definition) is 4. The minimum atomic E-state index is -2.13. The second kappa shape index (κ2) is 5.97. The van der Waals surface area contributed by atoms with E-state index in [9.17, 15) is 4.80 Å². The lowest BCUT2D eigenvalue weighted by atomic mass is 9.89. The molecule has 0 radical (unpaired) electrons. The summed E-state index contributed by atoms with van der Waals surface area (Å²) in [4.78, 5) is 17.0. The van der Waals surface area contributed by atoms with Crippen molar-refractivity contribution < 1.29 is 4.80 Å². The standard InChI is InChI=1S/C16H29N3OSi/c1-16(2,21(3,4)20)10-13-6-5-9-19(12-13)15-7-8-18-11-14(15)17/h7-8,11,13,20H,5-6,9-10,12,17H2,1-4H3. The van der Waals surface area contributed by atoms with Crippen LogP contribution in [0.4, 0.5) is 11.4 Å². The third-order valence-electron chi connectivity index (χ3n) is 5.14. The summed E-state index contributed by atoms with van der Waals surface area (Å²) in [5.41, 5.74) is 7.92. The lowest BCUT2D eigenvalue weighted by molar-refractivity contribution is 0.330. The Hall–Kier alpha value is -1.07. The minimum Gasteiger partial charge on any atom is -0.432 e. The molecule has 21 heavy (non-hydrogen) atoms. The summed E-state index contributed by atoms with van der Waals surface area (Å²) in [6.07, 6.45) is 7.06. The SMILES string of the molecule is CC(C)(CC1CCCN(c2ccncc2N)C1)[Si](C)(C)O. The van der Waals surface area contributed by atoms with Crippen molar-refractivity contribution >= 4 is 19.7 Å². The molecule has 1 saturated heterocycles. The zero-order chi connectivity index (χ0) is 15.7. The average Bonchev–Trinajstić information content (AvgIpc) is 2.37. The van der Waals surface area contributed by atoms with E-state index in [2.05, 4.69) is 36.8 Å². The molecule has 3 N–H and O–H groups in total. The van der Waals surface area contributed by atoms with Crippen LogP contribution in [-0.4, -0.2) is 31.2 Å². The maximum absolute atomic E-state index is 10.5. The van der Waals surface area contributed by atoms with Gasteiger partial charge in [0.2, 0.25) is 0 Å². The van der Waals surface area contributed by atoms with Crippen LogP contribution in [0.25, 0.3) is 0 Å². The third-order valence-corrected chi connectivity index (χ3v) is 8.66. The van der Waals surface area contributed by atoms with Gasteiger partial charge in [-0.05, 0) is 49.4 Å². The van der Waals surface area contributed by atoms with Crippen molar-refractivity contribution in [2.75, 3.05) is 23.7 Å². The smallest absolute Gasteiger partial charge is 0.188 e. The molecule has 0 bridgehead atoms. The molecule has 1 aromatic heterocycles. The quantitative estimate of drug-likeness (QED) is 0.838. The largest absolute Gasteiger partial charge is 0.432 e. The van der Waals surface area contributed by atoms with Crippen molar-refractivity contribution in [1.82, 2.24) is 4.98 Å². The first-order valence-electron chi connectivity index (χ1n) is 7.87. The van der Waals surface area contributed by atoms with Crippen molar-refractivity contribution in [2.24, 2.45) is 5.92 Å². The number of piperidine rings is 1. The van der Waals surface area contributed by atoms with Crippen molar-refractivity contribution in [3.8, 4) is 0 Å². The highest BCUT2D eigenvalue weighted by Crippen LogP contribution is 2.43. The maximum Gasteiger partial charge on any atom is 0.188 e. The number of hydrogen-bond donors (Lipinski definition) is 2. The Kier molecular flexibility index (Phi) is 4.63. The Bertz CT molecular complexity index is 485. The van der Waals surface area contributed by atoms with E-state index < -0.39 is 8.32 Å². The highest BCUT2D eigenvalue weighted by molar-refractivity contribution is 6.72. The number of nitrogens with two attached hydrogens (primary N) is 1. The predicted molar refractivity (Wildman–Crippen MR) is 91.9 cm³/mol. The second-order valence-corrected chi connectivity index (χ2v) is 12.0. The van der Waals surface area contributed by atoms with E-state index in [4.69, 9.17) is 5.73 Å². The fraction of sp³-hybridized carbons (Fsp3) is 0.688. The molecule has 1 unspecified atom stereocenters. The lowest BCUT2D eigenvalue weighted by Crippen LogP contribution is -2.43. The molecule has 1 aromatic rings. The molecular formula is C16H29N3OSi. The van der Waals surface area contributed by atoms with Gasteiger partial charge in [-0.2, -0.15) is 0 Å². The van der Waals surface area contributed by atoms with Gasteiger partial charge in [-0.3, -0.25) is 4.98 Å². The van der Waals surface area contributed by atoms with E-state index in [0.717, 1.165) is 30.9 Å². The van der Waals surface area contributed by atoms with E-state index in [-0.39, 0.29) is 5.04 Å². The van der Waals surface area contributed by atoms with Crippen LogP contribution in [0, 0.1) is 5.92 Å². The van der Waals surface area contributed by atoms with Crippen molar-refractivity contribution in [3.63, 3.8) is 0 Å². The van der Waals surface area contributed by atoms with Crippen molar-refractivity contribution in [3.05, 3.63) is 18.5 Å². The van der Waals surface area contributed by atoms with Crippen molar-refractivity contribution in [2.45, 2.75) is 51.2 Å². The first kappa shape index (κ1) is 16.3. The van der Waals surface area contributed by atoms with Crippen LogP contribution < -0.4 is 10.6 Å². The molecule has 118 valence electrons. The van der Waals surface area contributed by atoms with E-state index in [1.54, 1.807) is 6.20 Å². The Balaban J connectivity index is 2.07. The van der Waals surface area contributed by atoms with Crippen LogP contribution in [0.15, 0.2) is 18.5 Å². The molecule has 1 fully saturated rings. The van der Waals surface area contributed by atoms with Gasteiger partial charge in [0, 0.05) is 19.3 Å². The summed E-state index contributed by atoms with van der Waals surface area (Å²) in [6, 6.07) is 2.01. The van der Waals surface area contributed by atoms with Gasteiger partial charge < -0.3 is 15.4 Å². The first-order chi connectivity index (χ1) is 9.71. The summed E-state index contributed by atoms with van der Waals surface area (Å²) >= 11 is 0. The molecule has 0 spiro atoms. The Morgan fingerprint density at radius 3 is 2.81 bits per heavy atom. The summed E-state index contributed by atoms with van der Waals surface area (Å²) in [5.74, 6) is 0.625. The normalized spacial score (nSPS) is 20.6. The molecule has 0 aromatic carbocycles. The maximum atomic E-state index is 10.5. The molecule has 4 nitrogen and oxygen atoms in total. The number of nitrogen functional groups attached to an aromatic ring is 1. The summed E-state index contributed by atoms with van der Waals surface area (Å²) in [7, 11) is -2.13. The Morgan fingerprint density at radius 2 is 2.19 bits per heavy atom. The first-order valence-corrected chi connectivity index (χ1v) is 10.8. The molecule has 0 saturated carbocycles. The lowest BCUT2D eigenvalue weighted by Gasteiger charge is -2.42. The number of rotatable bonds is 4. The zero-order valence-electron chi connectivity index (χ0n) is 13.8. The molecule has 0 aliphatic carbocycles. The summed E-state index contributed by atoms with van der Waals surface area (Å²) < 4.78 is 0. The monoisotopic (exact) mass is 307 g/mol. The molecule has 1 atom stereocenters. The molecule has 1 aliphatic heterocycles. The van der Waals surface area contributed by atoms with Crippen LogP contribution in [0.3, 0.4) is 0 Å². The molecular weight excluding hydrogens is 278 g/mol. The van der Waals surface area contributed by atoms with Gasteiger partial charge in [0.05, 0.1) is 17.6 Å². The van der Waals surface area contributed by atoms with Gasteiger partial charge in [-0.15, -0.1) is 0 Å². The number of pyridine rings is 1. The highest BCUT2D eigenvalue weighted by Gasteiger charge is 2.40. The number of aromatic nitrogens is 1. The van der Waals surface area contributed by atoms with E-state index in [1.165, 1.54) is 12.8 Å². The van der Waals surface area contributed by atoms with E-state index in [0.29, 0.717) is 5.92 Å². The van der Waals surface area contributed by atoms with Crippen LogP contribution in [0.5, 0.6) is 0 Å². The third kappa shape index (κ3) is 3.77. The molecule has 1 aliphatic rings. The number of anilines is 2. The average molecular weight is 308 g/mol. The minimum absolute atomic E-state index is 0.0461. The zero-order valence-corrected chi connectivity index (χ0v) is 14.8. The Labute approximate surface area is 129 Å². The van der Waals surface area contributed by atoms with Crippen LogP contribution >= 0.6 is 0 Å². The van der Waals surface area contributed by atoms with Gasteiger partial charge in [0.1, 0.15) is 0 Å². The summed E-state index contributed by atoms with van der Waals surface area (Å²) in [6.45, 7) is 10.6. The van der Waals surface area contributed by atoms with Gasteiger partial charge in [0.25, 0.3) is 0 Å². The van der Waals surface area contributed by atoms with Gasteiger partial charge in [-0.1, -0.05) is 13.8 Å². The van der Waals surface area contributed by atoms with Gasteiger partial charge in [0.15, 0.2) is 8.32 Å². The van der Waals surface area contributed by atoms with Crippen LogP contribution in [0.2, 0.25) is 18.1 Å². The predicted octanol–water partition coefficient (Wildman–Crippen LogP) is 3.25. The topological polar surface area (TPSA) is 62.4 Å². The Morgan fingerprint density at radius 1 is 1.48 bits per heavy atom. The van der Waals surface area contributed by atoms with E-state index >= 15 is 0 Å². The van der Waals surface area contributed by atoms with E-state index in [1.807, 2.05) is 12.3 Å². The number of nitrogens with zero attached hydrogens (tertiary/aromatic N) is 2. The second-order valence-electron chi connectivity index (χ2n) is 7.54. The van der Waals surface area contributed by atoms with Gasteiger partial charge >= 0.3 is 0 Å². The fourth-order valence-corrected chi connectivity index (χ4v) is 3.90. The molecule has 5 heteroatoms. The summed E-state index contributed by atoms with van der Waals surface area (Å²) in [5, 5.41) is 0.0461. The highest BCUT2D eigenvalue weighted by atomic mass is 28.4.